The third-order valence-corrected chi connectivity index (χ3v) is 4.46. The van der Waals surface area contributed by atoms with Crippen LogP contribution in [0.5, 0.6) is 0 Å². The van der Waals surface area contributed by atoms with Crippen LogP contribution >= 0.6 is 0 Å². The molecule has 0 bridgehead atoms. The van der Waals surface area contributed by atoms with Gasteiger partial charge in [0.2, 0.25) is 5.91 Å². The number of benzene rings is 1. The van der Waals surface area contributed by atoms with E-state index < -0.39 is 6.04 Å². The molecule has 3 rings (SSSR count). The van der Waals surface area contributed by atoms with Crippen molar-refractivity contribution in [2.45, 2.75) is 39.3 Å². The van der Waals surface area contributed by atoms with Crippen molar-refractivity contribution < 1.29 is 14.0 Å². The van der Waals surface area contributed by atoms with Crippen molar-refractivity contribution in [1.29, 1.82) is 0 Å². The quantitative estimate of drug-likeness (QED) is 0.940. The number of carbonyl (C=O) groups is 2. The lowest BCUT2D eigenvalue weighted by atomic mass is 10.0. The molecule has 0 radical (unpaired) electrons. The van der Waals surface area contributed by atoms with Crippen LogP contribution in [0.15, 0.2) is 41.0 Å². The molecule has 0 aliphatic carbocycles. The second-order valence-electron chi connectivity index (χ2n) is 6.27. The molecule has 1 aromatic carbocycles. The van der Waals surface area contributed by atoms with Gasteiger partial charge in [0.15, 0.2) is 0 Å². The summed E-state index contributed by atoms with van der Waals surface area (Å²) < 4.78 is 5.22. The number of nitrogens with zero attached hydrogens (tertiary/aromatic N) is 1. The predicted octanol–water partition coefficient (Wildman–Crippen LogP) is 2.82. The van der Waals surface area contributed by atoms with Crippen molar-refractivity contribution in [3.05, 3.63) is 59.0 Å². The first-order valence-electron chi connectivity index (χ1n) is 8.24. The molecular formula is C19H22N2O3. The highest BCUT2D eigenvalue weighted by atomic mass is 16.3. The fraction of sp³-hybridized carbons (Fsp3) is 0.368. The average molecular weight is 326 g/mol. The number of likely N-dealkylation sites (tertiary alicyclic amines) is 1. The molecule has 126 valence electrons. The van der Waals surface area contributed by atoms with E-state index in [-0.39, 0.29) is 11.8 Å². The third kappa shape index (κ3) is 3.35. The summed E-state index contributed by atoms with van der Waals surface area (Å²) in [6, 6.07) is 9.02. The fourth-order valence-electron chi connectivity index (χ4n) is 3.11. The number of furan rings is 1. The largest absolute Gasteiger partial charge is 0.467 e. The van der Waals surface area contributed by atoms with Crippen molar-refractivity contribution in [3.8, 4) is 0 Å². The minimum absolute atomic E-state index is 0.0631. The van der Waals surface area contributed by atoms with Crippen LogP contribution in [0.3, 0.4) is 0 Å². The zero-order valence-corrected chi connectivity index (χ0v) is 14.0. The Balaban J connectivity index is 1.71. The molecule has 1 unspecified atom stereocenters. The first-order valence-corrected chi connectivity index (χ1v) is 8.24. The number of nitrogens with one attached hydrogen (secondary N) is 1. The van der Waals surface area contributed by atoms with E-state index in [2.05, 4.69) is 5.32 Å². The number of carbonyl (C=O) groups excluding carboxylic acids is 2. The van der Waals surface area contributed by atoms with Gasteiger partial charge in [0.25, 0.3) is 5.91 Å². The van der Waals surface area contributed by atoms with Crippen LogP contribution in [0.2, 0.25) is 0 Å². The Morgan fingerprint density at radius 2 is 2.12 bits per heavy atom. The van der Waals surface area contributed by atoms with Crippen molar-refractivity contribution in [2.24, 2.45) is 0 Å². The Morgan fingerprint density at radius 1 is 1.29 bits per heavy atom. The van der Waals surface area contributed by atoms with Crippen LogP contribution in [0.25, 0.3) is 0 Å². The minimum atomic E-state index is -0.410. The molecule has 24 heavy (non-hydrogen) atoms. The van der Waals surface area contributed by atoms with E-state index in [1.807, 2.05) is 38.1 Å². The van der Waals surface area contributed by atoms with Crippen LogP contribution in [0.1, 0.15) is 40.1 Å². The molecule has 5 nitrogen and oxygen atoms in total. The summed E-state index contributed by atoms with van der Waals surface area (Å²) in [5, 5.41) is 2.86. The Kier molecular flexibility index (Phi) is 4.69. The van der Waals surface area contributed by atoms with Crippen molar-refractivity contribution >= 4 is 11.8 Å². The maximum atomic E-state index is 12.9. The van der Waals surface area contributed by atoms with Crippen molar-refractivity contribution in [1.82, 2.24) is 10.2 Å². The second-order valence-corrected chi connectivity index (χ2v) is 6.27. The van der Waals surface area contributed by atoms with Gasteiger partial charge in [-0.05, 0) is 50.5 Å². The molecule has 5 heteroatoms. The molecule has 1 atom stereocenters. The number of hydrogen-bond donors (Lipinski definition) is 1. The lowest BCUT2D eigenvalue weighted by Gasteiger charge is -2.24. The Morgan fingerprint density at radius 3 is 2.88 bits per heavy atom. The van der Waals surface area contributed by atoms with Gasteiger partial charge in [0.05, 0.1) is 12.8 Å². The van der Waals surface area contributed by atoms with Crippen LogP contribution in [-0.4, -0.2) is 29.3 Å². The number of amides is 2. The van der Waals surface area contributed by atoms with Crippen molar-refractivity contribution in [3.63, 3.8) is 0 Å². The number of rotatable bonds is 4. The van der Waals surface area contributed by atoms with E-state index >= 15 is 0 Å². The maximum absolute atomic E-state index is 12.9. The van der Waals surface area contributed by atoms with E-state index in [4.69, 9.17) is 4.42 Å². The second kappa shape index (κ2) is 6.91. The zero-order valence-electron chi connectivity index (χ0n) is 14.0. The number of aryl methyl sites for hydroxylation is 2. The van der Waals surface area contributed by atoms with Gasteiger partial charge in [-0.25, -0.2) is 0 Å². The normalized spacial score (nSPS) is 17.1. The first-order chi connectivity index (χ1) is 11.6. The lowest BCUT2D eigenvalue weighted by molar-refractivity contribution is -0.125. The van der Waals surface area contributed by atoms with Crippen molar-refractivity contribution in [2.75, 3.05) is 6.54 Å². The number of hydrogen-bond acceptors (Lipinski definition) is 3. The van der Waals surface area contributed by atoms with Gasteiger partial charge in [-0.2, -0.15) is 0 Å². The third-order valence-electron chi connectivity index (χ3n) is 4.46. The fourth-order valence-corrected chi connectivity index (χ4v) is 3.11. The average Bonchev–Trinajstić information content (AvgIpc) is 3.25. The maximum Gasteiger partial charge on any atom is 0.254 e. The standard InChI is InChI=1S/C19H22N2O3/c1-13-7-8-14(2)16(11-13)19(23)21-9-3-6-17(21)18(22)20-12-15-5-4-10-24-15/h4-5,7-8,10-11,17H,3,6,9,12H2,1-2H3,(H,20,22). The van der Waals surface area contributed by atoms with Crippen LogP contribution in [0, 0.1) is 13.8 Å². The molecule has 1 aromatic heterocycles. The molecule has 1 aliphatic heterocycles. The van der Waals surface area contributed by atoms with Gasteiger partial charge >= 0.3 is 0 Å². The monoisotopic (exact) mass is 326 g/mol. The van der Waals surface area contributed by atoms with Gasteiger partial charge < -0.3 is 14.6 Å². The summed E-state index contributed by atoms with van der Waals surface area (Å²) >= 11 is 0. The Hall–Kier alpha value is -2.56. The first kappa shape index (κ1) is 16.3. The topological polar surface area (TPSA) is 62.6 Å². The summed E-state index contributed by atoms with van der Waals surface area (Å²) in [6.45, 7) is 4.85. The van der Waals surface area contributed by atoms with Crippen LogP contribution in [-0.2, 0) is 11.3 Å². The van der Waals surface area contributed by atoms with Gasteiger partial charge in [-0.15, -0.1) is 0 Å². The SMILES string of the molecule is Cc1ccc(C)c(C(=O)N2CCCC2C(=O)NCc2ccco2)c1. The minimum Gasteiger partial charge on any atom is -0.467 e. The Bertz CT molecular complexity index is 737. The van der Waals surface area contributed by atoms with Gasteiger partial charge in [0, 0.05) is 12.1 Å². The van der Waals surface area contributed by atoms with E-state index in [9.17, 15) is 9.59 Å². The van der Waals surface area contributed by atoms with E-state index in [0.717, 1.165) is 17.5 Å². The van der Waals surface area contributed by atoms with E-state index in [1.165, 1.54) is 0 Å². The summed E-state index contributed by atoms with van der Waals surface area (Å²) in [7, 11) is 0. The molecule has 1 aliphatic rings. The van der Waals surface area contributed by atoms with Crippen LogP contribution in [0.4, 0.5) is 0 Å². The molecule has 1 saturated heterocycles. The summed E-state index contributed by atoms with van der Waals surface area (Å²) in [6.07, 6.45) is 3.11. The van der Waals surface area contributed by atoms with E-state index in [0.29, 0.717) is 30.8 Å². The smallest absolute Gasteiger partial charge is 0.254 e. The van der Waals surface area contributed by atoms with Crippen LogP contribution < -0.4 is 5.32 Å². The Labute approximate surface area is 141 Å². The van der Waals surface area contributed by atoms with Gasteiger partial charge in [-0.3, -0.25) is 9.59 Å². The summed E-state index contributed by atoms with van der Waals surface area (Å²) in [5.41, 5.74) is 2.66. The highest BCUT2D eigenvalue weighted by Crippen LogP contribution is 2.22. The molecule has 2 aromatic rings. The lowest BCUT2D eigenvalue weighted by Crippen LogP contribution is -2.45. The molecule has 0 spiro atoms. The van der Waals surface area contributed by atoms with Gasteiger partial charge in [-0.1, -0.05) is 17.7 Å². The van der Waals surface area contributed by atoms with Gasteiger partial charge in [0.1, 0.15) is 11.8 Å². The molecule has 2 heterocycles. The molecular weight excluding hydrogens is 304 g/mol. The molecule has 1 N–H and O–H groups in total. The van der Waals surface area contributed by atoms with E-state index in [1.54, 1.807) is 17.2 Å². The zero-order chi connectivity index (χ0) is 17.1. The predicted molar refractivity (Wildman–Crippen MR) is 90.5 cm³/mol. The molecule has 2 amide bonds. The molecule has 1 fully saturated rings. The summed E-state index contributed by atoms with van der Waals surface area (Å²) in [4.78, 5) is 27.1. The molecule has 0 saturated carbocycles. The highest BCUT2D eigenvalue weighted by Gasteiger charge is 2.34. The highest BCUT2D eigenvalue weighted by molar-refractivity contribution is 5.99. The summed E-state index contributed by atoms with van der Waals surface area (Å²) in [5.74, 6) is 0.517.